The van der Waals surface area contributed by atoms with Crippen molar-refractivity contribution in [3.8, 4) is 0 Å². The molecule has 30 heavy (non-hydrogen) atoms. The van der Waals surface area contributed by atoms with Crippen LogP contribution in [0.2, 0.25) is 0 Å². The molecule has 4 rings (SSSR count). The van der Waals surface area contributed by atoms with E-state index in [0.29, 0.717) is 11.3 Å². The van der Waals surface area contributed by atoms with Gasteiger partial charge in [0, 0.05) is 23.8 Å². The Morgan fingerprint density at radius 1 is 1.17 bits per heavy atom. The molecule has 9 heteroatoms. The van der Waals surface area contributed by atoms with Crippen LogP contribution in [0.3, 0.4) is 0 Å². The normalized spacial score (nSPS) is 27.5. The van der Waals surface area contributed by atoms with Gasteiger partial charge in [0.15, 0.2) is 5.78 Å². The van der Waals surface area contributed by atoms with Gasteiger partial charge in [-0.05, 0) is 24.6 Å². The molecule has 2 fully saturated rings. The van der Waals surface area contributed by atoms with Crippen molar-refractivity contribution in [3.63, 3.8) is 0 Å². The fraction of sp³-hybridized carbons (Fsp3) is 0.429. The Bertz CT molecular complexity index is 1040. The number of hydrogen-bond acceptors (Lipinski definition) is 7. The van der Waals surface area contributed by atoms with Gasteiger partial charge in [0.05, 0.1) is 28.5 Å². The predicted octanol–water partition coefficient (Wildman–Crippen LogP) is 2.23. The van der Waals surface area contributed by atoms with E-state index in [0.717, 1.165) is 4.90 Å². The summed E-state index contributed by atoms with van der Waals surface area (Å²) in [5.74, 6) is -2.64. The molecule has 2 saturated heterocycles. The molecule has 3 heterocycles. The average molecular weight is 410 g/mol. The fourth-order valence-corrected chi connectivity index (χ4v) is 4.52. The molecule has 3 aliphatic rings. The first-order valence-corrected chi connectivity index (χ1v) is 9.70. The smallest absolute Gasteiger partial charge is 0.269 e. The van der Waals surface area contributed by atoms with Crippen molar-refractivity contribution in [2.24, 2.45) is 22.4 Å². The zero-order chi connectivity index (χ0) is 22.0. The Morgan fingerprint density at radius 2 is 1.83 bits per heavy atom. The Kier molecular flexibility index (Phi) is 4.37. The van der Waals surface area contributed by atoms with Gasteiger partial charge >= 0.3 is 0 Å². The molecule has 0 N–H and O–H groups in total. The molecule has 9 nitrogen and oxygen atoms in total. The molecule has 0 radical (unpaired) electrons. The van der Waals surface area contributed by atoms with E-state index in [1.165, 1.54) is 18.2 Å². The molecule has 3 aliphatic heterocycles. The summed E-state index contributed by atoms with van der Waals surface area (Å²) in [5, 5.41) is 16.9. The van der Waals surface area contributed by atoms with E-state index in [1.807, 2.05) is 0 Å². The van der Waals surface area contributed by atoms with Crippen LogP contribution < -0.4 is 4.90 Å². The number of fused-ring (bicyclic) bond motifs is 3. The number of nitro benzene ring substituents is 1. The summed E-state index contributed by atoms with van der Waals surface area (Å²) in [6.07, 6.45) is 5.05. The number of Topliss-reactive ketones (excluding diaryl/α,β-unsaturated/α-hetero) is 1. The summed E-state index contributed by atoms with van der Waals surface area (Å²) < 4.78 is 0. The largest absolute Gasteiger partial charge is 0.297 e. The third kappa shape index (κ3) is 2.76. The Hall–Kier alpha value is -3.36. The molecule has 0 aromatic heterocycles. The maximum atomic E-state index is 13.5. The first-order chi connectivity index (χ1) is 14.0. The second-order valence-electron chi connectivity index (χ2n) is 8.87. The molecule has 1 aromatic rings. The minimum atomic E-state index is -0.858. The maximum absolute atomic E-state index is 13.5. The number of imide groups is 1. The quantitative estimate of drug-likeness (QED) is 0.429. The van der Waals surface area contributed by atoms with Crippen molar-refractivity contribution >= 4 is 35.2 Å². The van der Waals surface area contributed by atoms with E-state index in [2.05, 4.69) is 5.10 Å². The Morgan fingerprint density at radius 3 is 2.43 bits per heavy atom. The van der Waals surface area contributed by atoms with E-state index in [9.17, 15) is 24.5 Å². The van der Waals surface area contributed by atoms with Crippen LogP contribution in [-0.2, 0) is 14.4 Å². The Balaban J connectivity index is 1.79. The number of allylic oxidation sites excluding steroid dienone is 1. The van der Waals surface area contributed by atoms with Gasteiger partial charge in [0.25, 0.3) is 5.69 Å². The predicted molar refractivity (Wildman–Crippen MR) is 109 cm³/mol. The lowest BCUT2D eigenvalue weighted by Crippen LogP contribution is -2.49. The van der Waals surface area contributed by atoms with Gasteiger partial charge in [-0.15, -0.1) is 0 Å². The second kappa shape index (κ2) is 6.58. The van der Waals surface area contributed by atoms with Crippen LogP contribution in [0.25, 0.3) is 0 Å². The average Bonchev–Trinajstić information content (AvgIpc) is 3.14. The number of nitro groups is 1. The summed E-state index contributed by atoms with van der Waals surface area (Å²) in [7, 11) is 0. The molecule has 0 spiro atoms. The summed E-state index contributed by atoms with van der Waals surface area (Å²) in [5.41, 5.74) is -0.0895. The Labute approximate surface area is 173 Å². The molecular formula is C21H22N4O5. The molecule has 0 bridgehead atoms. The van der Waals surface area contributed by atoms with Gasteiger partial charge in [0.1, 0.15) is 6.04 Å². The number of aryl methyl sites for hydroxylation is 1. The van der Waals surface area contributed by atoms with Crippen molar-refractivity contribution in [2.75, 3.05) is 4.90 Å². The topological polar surface area (TPSA) is 113 Å². The van der Waals surface area contributed by atoms with Crippen molar-refractivity contribution in [1.82, 2.24) is 5.01 Å². The van der Waals surface area contributed by atoms with Gasteiger partial charge < -0.3 is 0 Å². The van der Waals surface area contributed by atoms with Crippen LogP contribution in [0.1, 0.15) is 26.3 Å². The highest BCUT2D eigenvalue weighted by Gasteiger charge is 2.64. The molecule has 0 aliphatic carbocycles. The van der Waals surface area contributed by atoms with Crippen molar-refractivity contribution < 1.29 is 19.3 Å². The maximum Gasteiger partial charge on any atom is 0.269 e. The number of non-ortho nitro benzene ring substituents is 1. The lowest BCUT2D eigenvalue weighted by Gasteiger charge is -2.33. The van der Waals surface area contributed by atoms with Crippen molar-refractivity contribution in [3.05, 3.63) is 46.0 Å². The van der Waals surface area contributed by atoms with Crippen LogP contribution in [-0.4, -0.2) is 45.8 Å². The van der Waals surface area contributed by atoms with Crippen LogP contribution in [0, 0.1) is 34.3 Å². The lowest BCUT2D eigenvalue weighted by atomic mass is 9.80. The molecule has 2 amide bonds. The van der Waals surface area contributed by atoms with Gasteiger partial charge in [-0.3, -0.25) is 29.5 Å². The molecule has 0 saturated carbocycles. The van der Waals surface area contributed by atoms with Crippen molar-refractivity contribution in [2.45, 2.75) is 39.8 Å². The highest BCUT2D eigenvalue weighted by atomic mass is 16.6. The minimum Gasteiger partial charge on any atom is -0.297 e. The third-order valence-electron chi connectivity index (χ3n) is 5.93. The number of amides is 2. The number of ketones is 1. The standard InChI is InChI=1S/C21H22N4O5/c1-11-10-12(25(29)30)7-8-13(11)23-19(27)15-14-6-5-9-22-24(14)17(16(15)20(23)28)18(26)21(2,3)4/h5-10,14-17H,1-4H3. The number of carbonyl (C=O) groups excluding carboxylic acids is 3. The summed E-state index contributed by atoms with van der Waals surface area (Å²) in [4.78, 5) is 51.7. The van der Waals surface area contributed by atoms with Gasteiger partial charge in [-0.2, -0.15) is 5.10 Å². The summed E-state index contributed by atoms with van der Waals surface area (Å²) >= 11 is 0. The number of rotatable bonds is 3. The molecule has 1 aromatic carbocycles. The highest BCUT2D eigenvalue weighted by molar-refractivity contribution is 6.24. The first-order valence-electron chi connectivity index (χ1n) is 9.70. The number of benzene rings is 1. The van der Waals surface area contributed by atoms with Crippen LogP contribution in [0.4, 0.5) is 11.4 Å². The van der Waals surface area contributed by atoms with E-state index >= 15 is 0 Å². The number of nitrogens with zero attached hydrogens (tertiary/aromatic N) is 4. The van der Waals surface area contributed by atoms with E-state index in [4.69, 9.17) is 0 Å². The number of hydrogen-bond donors (Lipinski definition) is 0. The molecule has 4 atom stereocenters. The van der Waals surface area contributed by atoms with Gasteiger partial charge in [-0.1, -0.05) is 26.8 Å². The molecule has 4 unspecified atom stereocenters. The first kappa shape index (κ1) is 19.9. The SMILES string of the molecule is Cc1cc([N+](=O)[O-])ccc1N1C(=O)C2C(C1=O)C(C(=O)C(C)(C)C)N1N=CC=CC21. The van der Waals surface area contributed by atoms with E-state index < -0.39 is 46.1 Å². The number of anilines is 1. The van der Waals surface area contributed by atoms with Crippen molar-refractivity contribution in [1.29, 1.82) is 0 Å². The summed E-state index contributed by atoms with van der Waals surface area (Å²) in [6, 6.07) is 2.68. The van der Waals surface area contributed by atoms with E-state index in [1.54, 1.807) is 51.1 Å². The van der Waals surface area contributed by atoms with Crippen LogP contribution >= 0.6 is 0 Å². The number of carbonyl (C=O) groups is 3. The minimum absolute atomic E-state index is 0.118. The fourth-order valence-electron chi connectivity index (χ4n) is 4.52. The lowest BCUT2D eigenvalue weighted by molar-refractivity contribution is -0.384. The monoisotopic (exact) mass is 410 g/mol. The highest BCUT2D eigenvalue weighted by Crippen LogP contribution is 2.47. The van der Waals surface area contributed by atoms with Crippen LogP contribution in [0.15, 0.2) is 35.5 Å². The number of hydrazone groups is 1. The third-order valence-corrected chi connectivity index (χ3v) is 5.93. The molecule has 156 valence electrons. The molecular weight excluding hydrogens is 388 g/mol. The zero-order valence-corrected chi connectivity index (χ0v) is 17.1. The van der Waals surface area contributed by atoms with Gasteiger partial charge in [0.2, 0.25) is 11.8 Å². The van der Waals surface area contributed by atoms with E-state index in [-0.39, 0.29) is 11.5 Å². The van der Waals surface area contributed by atoms with Gasteiger partial charge in [-0.25, -0.2) is 4.90 Å². The zero-order valence-electron chi connectivity index (χ0n) is 17.1. The summed E-state index contributed by atoms with van der Waals surface area (Å²) in [6.45, 7) is 6.95. The second-order valence-corrected chi connectivity index (χ2v) is 8.87. The van der Waals surface area contributed by atoms with Crippen LogP contribution in [0.5, 0.6) is 0 Å².